The predicted octanol–water partition coefficient (Wildman–Crippen LogP) is 5.46. The van der Waals surface area contributed by atoms with E-state index in [2.05, 4.69) is 44.8 Å². The third-order valence-electron chi connectivity index (χ3n) is 3.18. The third kappa shape index (κ3) is 2.75. The minimum absolute atomic E-state index is 0.0210. The van der Waals surface area contributed by atoms with Gasteiger partial charge in [0.1, 0.15) is 22.1 Å². The Labute approximate surface area is 130 Å². The van der Waals surface area contributed by atoms with Gasteiger partial charge < -0.3 is 9.15 Å². The van der Waals surface area contributed by atoms with Gasteiger partial charge in [0, 0.05) is 10.0 Å². The molecule has 4 heteroatoms. The van der Waals surface area contributed by atoms with Crippen molar-refractivity contribution in [3.63, 3.8) is 0 Å². The van der Waals surface area contributed by atoms with Crippen LogP contribution in [0.5, 0.6) is 5.75 Å². The van der Waals surface area contributed by atoms with Crippen molar-refractivity contribution in [2.45, 2.75) is 25.6 Å². The van der Waals surface area contributed by atoms with Crippen LogP contribution in [0.4, 0.5) is 0 Å². The Bertz CT molecular complexity index is 602. The summed E-state index contributed by atoms with van der Waals surface area (Å²) in [5, 5.41) is 0. The average molecular weight is 388 g/mol. The van der Waals surface area contributed by atoms with Gasteiger partial charge in [0.25, 0.3) is 0 Å². The molecule has 102 valence electrons. The summed E-state index contributed by atoms with van der Waals surface area (Å²) in [6, 6.07) is 6.03. The standard InChI is InChI=1S/C15H16Br2O2/c1-8-7-11(16)10(3)13(15(8)18-4)14(17)12-6-5-9(2)19-12/h5-7,14H,1-4H3. The maximum absolute atomic E-state index is 5.72. The maximum Gasteiger partial charge on any atom is 0.126 e. The van der Waals surface area contributed by atoms with Crippen LogP contribution in [0.3, 0.4) is 0 Å². The highest BCUT2D eigenvalue weighted by Gasteiger charge is 2.23. The first-order valence-corrected chi connectivity index (χ1v) is 7.70. The number of ether oxygens (including phenoxy) is 1. The molecule has 0 saturated carbocycles. The molecule has 1 aromatic carbocycles. The number of alkyl halides is 1. The lowest BCUT2D eigenvalue weighted by molar-refractivity contribution is 0.404. The van der Waals surface area contributed by atoms with Crippen molar-refractivity contribution in [1.82, 2.24) is 0 Å². The van der Waals surface area contributed by atoms with Crippen LogP contribution in [0.15, 0.2) is 27.1 Å². The van der Waals surface area contributed by atoms with Gasteiger partial charge in [-0.15, -0.1) is 0 Å². The van der Waals surface area contributed by atoms with Gasteiger partial charge in [-0.3, -0.25) is 0 Å². The van der Waals surface area contributed by atoms with Crippen LogP contribution in [0, 0.1) is 20.8 Å². The number of methoxy groups -OCH3 is 1. The summed E-state index contributed by atoms with van der Waals surface area (Å²) >= 11 is 7.32. The van der Waals surface area contributed by atoms with Crippen LogP contribution >= 0.6 is 31.9 Å². The van der Waals surface area contributed by atoms with E-state index in [1.165, 1.54) is 0 Å². The summed E-state index contributed by atoms with van der Waals surface area (Å²) in [5.74, 6) is 2.69. The molecule has 19 heavy (non-hydrogen) atoms. The van der Waals surface area contributed by atoms with Gasteiger partial charge in [-0.1, -0.05) is 31.9 Å². The smallest absolute Gasteiger partial charge is 0.126 e. The molecule has 2 aromatic rings. The van der Waals surface area contributed by atoms with Crippen molar-refractivity contribution in [3.8, 4) is 5.75 Å². The topological polar surface area (TPSA) is 22.4 Å². The Hall–Kier alpha value is -0.740. The first kappa shape index (κ1) is 14.7. The van der Waals surface area contributed by atoms with E-state index < -0.39 is 0 Å². The Morgan fingerprint density at radius 3 is 2.42 bits per heavy atom. The Morgan fingerprint density at radius 2 is 1.89 bits per heavy atom. The summed E-state index contributed by atoms with van der Waals surface area (Å²) in [7, 11) is 1.70. The minimum atomic E-state index is -0.0210. The van der Waals surface area contributed by atoms with Gasteiger partial charge in [-0.2, -0.15) is 0 Å². The fourth-order valence-electron chi connectivity index (χ4n) is 2.18. The number of furan rings is 1. The molecule has 1 unspecified atom stereocenters. The molecule has 0 bridgehead atoms. The molecule has 0 N–H and O–H groups in total. The van der Waals surface area contributed by atoms with E-state index in [1.807, 2.05) is 26.0 Å². The lowest BCUT2D eigenvalue weighted by Crippen LogP contribution is -2.02. The molecule has 0 radical (unpaired) electrons. The van der Waals surface area contributed by atoms with Crippen LogP contribution in [0.2, 0.25) is 0 Å². The molecule has 0 aliphatic carbocycles. The normalized spacial score (nSPS) is 12.5. The molecule has 2 nitrogen and oxygen atoms in total. The van der Waals surface area contributed by atoms with Crippen molar-refractivity contribution < 1.29 is 9.15 Å². The van der Waals surface area contributed by atoms with E-state index in [0.717, 1.165) is 38.4 Å². The lowest BCUT2D eigenvalue weighted by Gasteiger charge is -2.19. The van der Waals surface area contributed by atoms with E-state index in [1.54, 1.807) is 7.11 Å². The number of benzene rings is 1. The molecule has 0 saturated heterocycles. The van der Waals surface area contributed by atoms with Gasteiger partial charge in [0.15, 0.2) is 0 Å². The molecule has 0 amide bonds. The lowest BCUT2D eigenvalue weighted by atomic mass is 10.00. The van der Waals surface area contributed by atoms with Gasteiger partial charge >= 0.3 is 0 Å². The summed E-state index contributed by atoms with van der Waals surface area (Å²) in [4.78, 5) is -0.0210. The van der Waals surface area contributed by atoms with E-state index in [4.69, 9.17) is 9.15 Å². The maximum atomic E-state index is 5.72. The van der Waals surface area contributed by atoms with Crippen molar-refractivity contribution in [1.29, 1.82) is 0 Å². The number of aryl methyl sites for hydroxylation is 2. The molecule has 1 aromatic heterocycles. The second-order valence-corrected chi connectivity index (χ2v) is 6.33. The molecule has 0 aliphatic heterocycles. The molecular weight excluding hydrogens is 372 g/mol. The molecule has 1 atom stereocenters. The number of hydrogen-bond acceptors (Lipinski definition) is 2. The number of halogens is 2. The second-order valence-electron chi connectivity index (χ2n) is 4.56. The van der Waals surface area contributed by atoms with Crippen molar-refractivity contribution in [2.75, 3.05) is 7.11 Å². The number of hydrogen-bond donors (Lipinski definition) is 0. The van der Waals surface area contributed by atoms with Gasteiger partial charge in [-0.05, 0) is 50.1 Å². The summed E-state index contributed by atoms with van der Waals surface area (Å²) in [6.45, 7) is 6.06. The minimum Gasteiger partial charge on any atom is -0.496 e. The van der Waals surface area contributed by atoms with Crippen LogP contribution in [-0.4, -0.2) is 7.11 Å². The Morgan fingerprint density at radius 1 is 1.21 bits per heavy atom. The average Bonchev–Trinajstić information content (AvgIpc) is 2.79. The van der Waals surface area contributed by atoms with Crippen LogP contribution in [0.1, 0.15) is 33.0 Å². The van der Waals surface area contributed by atoms with E-state index in [9.17, 15) is 0 Å². The van der Waals surface area contributed by atoms with Gasteiger partial charge in [0.2, 0.25) is 0 Å². The quantitative estimate of drug-likeness (QED) is 0.652. The zero-order valence-electron chi connectivity index (χ0n) is 11.4. The third-order valence-corrected chi connectivity index (χ3v) is 4.91. The monoisotopic (exact) mass is 386 g/mol. The SMILES string of the molecule is COc1c(C)cc(Br)c(C)c1C(Br)c1ccc(C)o1. The van der Waals surface area contributed by atoms with Crippen molar-refractivity contribution in [3.05, 3.63) is 50.9 Å². The zero-order valence-corrected chi connectivity index (χ0v) is 14.6. The summed E-state index contributed by atoms with van der Waals surface area (Å²) in [5.41, 5.74) is 3.35. The Balaban J connectivity index is 2.60. The highest BCUT2D eigenvalue weighted by Crippen LogP contribution is 2.43. The second kappa shape index (κ2) is 5.71. The summed E-state index contributed by atoms with van der Waals surface area (Å²) < 4.78 is 12.4. The molecule has 1 heterocycles. The molecule has 0 spiro atoms. The fourth-order valence-corrected chi connectivity index (χ4v) is 3.54. The van der Waals surface area contributed by atoms with Gasteiger partial charge in [-0.25, -0.2) is 0 Å². The first-order chi connectivity index (χ1) is 8.95. The zero-order chi connectivity index (χ0) is 14.2. The molecule has 0 fully saturated rings. The van der Waals surface area contributed by atoms with Crippen LogP contribution in [0.25, 0.3) is 0 Å². The molecular formula is C15H16Br2O2. The fraction of sp³-hybridized carbons (Fsp3) is 0.333. The number of rotatable bonds is 3. The van der Waals surface area contributed by atoms with E-state index in [-0.39, 0.29) is 4.83 Å². The highest BCUT2D eigenvalue weighted by molar-refractivity contribution is 9.10. The van der Waals surface area contributed by atoms with Crippen LogP contribution < -0.4 is 4.74 Å². The van der Waals surface area contributed by atoms with E-state index >= 15 is 0 Å². The predicted molar refractivity (Wildman–Crippen MR) is 84.4 cm³/mol. The van der Waals surface area contributed by atoms with Crippen molar-refractivity contribution in [2.24, 2.45) is 0 Å². The Kier molecular flexibility index (Phi) is 4.41. The van der Waals surface area contributed by atoms with Crippen molar-refractivity contribution >= 4 is 31.9 Å². The molecule has 2 rings (SSSR count). The largest absolute Gasteiger partial charge is 0.496 e. The van der Waals surface area contributed by atoms with Crippen LogP contribution in [-0.2, 0) is 0 Å². The van der Waals surface area contributed by atoms with Gasteiger partial charge in [0.05, 0.1) is 7.11 Å². The van der Waals surface area contributed by atoms with E-state index in [0.29, 0.717) is 0 Å². The first-order valence-electron chi connectivity index (χ1n) is 5.99. The summed E-state index contributed by atoms with van der Waals surface area (Å²) in [6.07, 6.45) is 0. The molecule has 0 aliphatic rings. The highest BCUT2D eigenvalue weighted by atomic mass is 79.9.